The van der Waals surface area contributed by atoms with E-state index in [1.165, 1.54) is 50.2 Å². The van der Waals surface area contributed by atoms with Crippen molar-refractivity contribution in [2.45, 2.75) is 97.8 Å². The predicted octanol–water partition coefficient (Wildman–Crippen LogP) is 16.9. The summed E-state index contributed by atoms with van der Waals surface area (Å²) in [7, 11) is 0. The number of hydrogen-bond acceptors (Lipinski definition) is 4. The van der Waals surface area contributed by atoms with E-state index in [-0.39, 0.29) is 37.3 Å². The summed E-state index contributed by atoms with van der Waals surface area (Å²) in [6.07, 6.45) is 5.00. The van der Waals surface area contributed by atoms with Crippen LogP contribution in [0.25, 0.3) is 49.9 Å². The second kappa shape index (κ2) is 19.4. The summed E-state index contributed by atoms with van der Waals surface area (Å²) in [5.41, 5.74) is 15.8. The Hall–Kier alpha value is -6.42. The van der Waals surface area contributed by atoms with Gasteiger partial charge in [0.05, 0.1) is 0 Å². The van der Waals surface area contributed by atoms with E-state index in [1.54, 1.807) is 0 Å². The average Bonchev–Trinajstić information content (AvgIpc) is 3.88. The molecule has 0 spiro atoms. The van der Waals surface area contributed by atoms with Crippen molar-refractivity contribution in [3.8, 4) is 39.6 Å². The summed E-state index contributed by atoms with van der Waals surface area (Å²) in [6, 6.07) is 64.1. The molecule has 0 bridgehead atoms. The van der Waals surface area contributed by atoms with Crippen molar-refractivity contribution < 1.29 is 25.8 Å². The van der Waals surface area contributed by atoms with Gasteiger partial charge in [0.15, 0.2) is 0 Å². The molecule has 70 heavy (non-hydrogen) atoms. The topological polar surface area (TPSA) is 33.5 Å². The fraction of sp³-hybridized carbons (Fsp3) is 0.250. The molecule has 3 heterocycles. The molecule has 0 aliphatic carbocycles. The smallest absolute Gasteiger partial charge is 0.135 e. The van der Waals surface area contributed by atoms with E-state index in [0.29, 0.717) is 11.5 Å². The number of aromatic nitrogens is 2. The number of pyridine rings is 1. The van der Waals surface area contributed by atoms with Crippen molar-refractivity contribution in [3.05, 3.63) is 205 Å². The molecule has 1 aliphatic rings. The van der Waals surface area contributed by atoms with E-state index >= 15 is 0 Å². The predicted molar refractivity (Wildman–Crippen MR) is 289 cm³/mol. The van der Waals surface area contributed by atoms with E-state index in [4.69, 9.17) is 9.72 Å². The van der Waals surface area contributed by atoms with Gasteiger partial charge in [0.2, 0.25) is 0 Å². The molecule has 0 saturated carbocycles. The van der Waals surface area contributed by atoms with Crippen LogP contribution in [0.15, 0.2) is 164 Å². The first-order valence-electron chi connectivity index (χ1n) is 24.6. The van der Waals surface area contributed by atoms with Crippen LogP contribution in [0.2, 0.25) is 0 Å². The van der Waals surface area contributed by atoms with Crippen molar-refractivity contribution in [2.24, 2.45) is 0 Å². The van der Waals surface area contributed by atoms with Crippen LogP contribution in [-0.2, 0) is 43.7 Å². The third-order valence-corrected chi connectivity index (χ3v) is 13.6. The Kier molecular flexibility index (Phi) is 13.5. The number of unbranched alkanes of at least 4 members (excludes halogenated alkanes) is 1. The molecule has 1 aliphatic heterocycles. The van der Waals surface area contributed by atoms with Crippen molar-refractivity contribution in [2.75, 3.05) is 16.3 Å². The first kappa shape index (κ1) is 48.6. The molecule has 0 amide bonds. The standard InChI is InChI=1S/C64H63N4O.Pt/c1-62(2,3)48-30-29-45(56(39-48)47-36-46(44-20-11-10-12-21-44)37-50(38-47)64(7,8)9)22-17-18-35-66-43-67(59-28-16-15-27-58(59)66)51-23-19-24-52(41-51)69-53-31-32-55-54-25-13-14-26-57(54)68(60(55)42-53)61-40-49(33-34-65-61)63(4,5)6;/h10-16,19-21,23-34,36-40,43H,17-18,22,35H2,1-9H3;/q-3;. The molecule has 5 nitrogen and oxygen atoms in total. The molecule has 10 rings (SSSR count). The Bertz CT molecular complexity index is 3310. The van der Waals surface area contributed by atoms with Gasteiger partial charge >= 0.3 is 0 Å². The maximum absolute atomic E-state index is 6.61. The van der Waals surface area contributed by atoms with Gasteiger partial charge < -0.3 is 19.1 Å². The number of hydrogen-bond donors (Lipinski definition) is 0. The summed E-state index contributed by atoms with van der Waals surface area (Å²) in [6.45, 7) is 23.7. The van der Waals surface area contributed by atoms with Crippen LogP contribution >= 0.6 is 0 Å². The molecule has 2 aromatic heterocycles. The van der Waals surface area contributed by atoms with E-state index in [9.17, 15) is 0 Å². The number of para-hydroxylation sites is 3. The minimum absolute atomic E-state index is 0. The fourth-order valence-electron chi connectivity index (χ4n) is 9.62. The van der Waals surface area contributed by atoms with Crippen molar-refractivity contribution in [1.29, 1.82) is 0 Å². The Morgan fingerprint density at radius 2 is 1.23 bits per heavy atom. The molecule has 0 atom stereocenters. The van der Waals surface area contributed by atoms with Crippen LogP contribution in [0.4, 0.5) is 17.1 Å². The van der Waals surface area contributed by atoms with Crippen LogP contribution < -0.4 is 14.5 Å². The number of rotatable bonds is 11. The Labute approximate surface area is 430 Å². The molecule has 6 heteroatoms. The van der Waals surface area contributed by atoms with E-state index in [0.717, 1.165) is 64.8 Å². The summed E-state index contributed by atoms with van der Waals surface area (Å²) >= 11 is 0. The molecule has 0 saturated heterocycles. The first-order chi connectivity index (χ1) is 33.1. The van der Waals surface area contributed by atoms with Crippen LogP contribution in [0.1, 0.15) is 97.4 Å². The zero-order valence-corrected chi connectivity index (χ0v) is 44.3. The van der Waals surface area contributed by atoms with Crippen LogP contribution in [-0.4, -0.2) is 16.1 Å². The van der Waals surface area contributed by atoms with Gasteiger partial charge in [-0.2, -0.15) is 18.8 Å². The van der Waals surface area contributed by atoms with Crippen molar-refractivity contribution in [1.82, 2.24) is 9.55 Å². The number of ether oxygens (including phenoxy) is 1. The molecular weight excluding hydrogens is 1040 g/mol. The van der Waals surface area contributed by atoms with Gasteiger partial charge in [-0.05, 0) is 128 Å². The largest absolute Gasteiger partial charge is 0.509 e. The molecule has 0 radical (unpaired) electrons. The van der Waals surface area contributed by atoms with Crippen molar-refractivity contribution >= 4 is 38.9 Å². The quantitative estimate of drug-likeness (QED) is 0.0955. The zero-order valence-electron chi connectivity index (χ0n) is 42.0. The summed E-state index contributed by atoms with van der Waals surface area (Å²) in [5, 5.41) is 2.25. The number of anilines is 3. The maximum Gasteiger partial charge on any atom is 0.135 e. The number of aryl methyl sites for hydroxylation is 1. The molecule has 0 N–H and O–H groups in total. The minimum Gasteiger partial charge on any atom is -0.509 e. The second-order valence-corrected chi connectivity index (χ2v) is 21.8. The molecule has 0 unspecified atom stereocenters. The fourth-order valence-corrected chi connectivity index (χ4v) is 9.62. The summed E-state index contributed by atoms with van der Waals surface area (Å²) in [5.74, 6) is 2.11. The van der Waals surface area contributed by atoms with Gasteiger partial charge in [-0.15, -0.1) is 41.4 Å². The number of nitrogens with zero attached hydrogens (tertiary/aromatic N) is 4. The molecule has 9 aromatic rings. The Morgan fingerprint density at radius 3 is 2.00 bits per heavy atom. The zero-order chi connectivity index (χ0) is 48.1. The maximum atomic E-state index is 6.61. The van der Waals surface area contributed by atoms with Crippen LogP contribution in [0.5, 0.6) is 11.5 Å². The first-order valence-corrected chi connectivity index (χ1v) is 24.6. The van der Waals surface area contributed by atoms with Crippen LogP contribution in [0.3, 0.4) is 0 Å². The SMILES string of the molecule is CC(C)(C)c1cc(-c2ccccc2)cc(-c2cc(C(C)(C)C)ccc2CCCCN2[CH-]N(c3[c-]c(Oc4[c-]c5c(cc4)c4ccccc4n5-c4cc(C(C)(C)C)ccn4)ccc3)c3ccccc32)c1.[Pt]. The van der Waals surface area contributed by atoms with E-state index in [2.05, 4.69) is 235 Å². The van der Waals surface area contributed by atoms with Crippen molar-refractivity contribution in [3.63, 3.8) is 0 Å². The van der Waals surface area contributed by atoms with Crippen LogP contribution in [0, 0.1) is 18.8 Å². The van der Waals surface area contributed by atoms with Gasteiger partial charge in [-0.1, -0.05) is 159 Å². The third-order valence-electron chi connectivity index (χ3n) is 13.6. The van der Waals surface area contributed by atoms with Gasteiger partial charge in [0.1, 0.15) is 5.82 Å². The third kappa shape index (κ3) is 9.97. The second-order valence-electron chi connectivity index (χ2n) is 21.8. The van der Waals surface area contributed by atoms with Gasteiger partial charge in [0.25, 0.3) is 0 Å². The minimum atomic E-state index is -0.0158. The monoisotopic (exact) mass is 1100 g/mol. The number of fused-ring (bicyclic) bond motifs is 4. The van der Waals surface area contributed by atoms with Gasteiger partial charge in [-0.25, -0.2) is 4.98 Å². The van der Waals surface area contributed by atoms with E-state index in [1.807, 2.05) is 24.4 Å². The Morgan fingerprint density at radius 1 is 0.543 bits per heavy atom. The molecular formula is C64H63N4OPt-3. The summed E-state index contributed by atoms with van der Waals surface area (Å²) in [4.78, 5) is 9.48. The Balaban J connectivity index is 0.00000608. The molecule has 7 aromatic carbocycles. The van der Waals surface area contributed by atoms with Gasteiger partial charge in [-0.3, -0.25) is 0 Å². The molecule has 0 fully saturated rings. The normalized spacial score (nSPS) is 12.9. The summed E-state index contributed by atoms with van der Waals surface area (Å²) < 4.78 is 8.81. The van der Waals surface area contributed by atoms with Gasteiger partial charge in [0, 0.05) is 55.7 Å². The van der Waals surface area contributed by atoms with E-state index < -0.39 is 0 Å². The number of benzene rings is 7. The average molecular weight is 1100 g/mol. The molecule has 358 valence electrons.